The number of oxime groups is 1. The average Bonchev–Trinajstić information content (AvgIpc) is 2.22. The fourth-order valence-electron chi connectivity index (χ4n) is 1.23. The molecule has 0 aromatic heterocycles. The Kier molecular flexibility index (Phi) is 3.96. The Hall–Kier alpha value is -1.23. The van der Waals surface area contributed by atoms with E-state index in [0.717, 1.165) is 4.47 Å². The summed E-state index contributed by atoms with van der Waals surface area (Å²) in [4.78, 5) is 0. The topological polar surface area (TPSA) is 62.0 Å². The SMILES string of the molecule is COc1cc(Br)cc(C/C(C)=N/O)c1O. The summed E-state index contributed by atoms with van der Waals surface area (Å²) < 4.78 is 5.80. The number of methoxy groups -OCH3 is 1. The molecule has 0 bridgehead atoms. The molecule has 1 aromatic rings. The Labute approximate surface area is 96.3 Å². The quantitative estimate of drug-likeness (QED) is 0.506. The third kappa shape index (κ3) is 2.86. The van der Waals surface area contributed by atoms with Gasteiger partial charge in [0.15, 0.2) is 11.5 Å². The highest BCUT2D eigenvalue weighted by Crippen LogP contribution is 2.33. The average molecular weight is 274 g/mol. The number of aromatic hydroxyl groups is 1. The molecule has 0 unspecified atom stereocenters. The Morgan fingerprint density at radius 1 is 1.53 bits per heavy atom. The molecular weight excluding hydrogens is 262 g/mol. The van der Waals surface area contributed by atoms with Gasteiger partial charge in [-0.2, -0.15) is 0 Å². The maximum atomic E-state index is 9.78. The Balaban J connectivity index is 3.12. The molecule has 82 valence electrons. The second kappa shape index (κ2) is 5.02. The number of phenols is 1. The van der Waals surface area contributed by atoms with Crippen LogP contribution in [0.3, 0.4) is 0 Å². The van der Waals surface area contributed by atoms with Gasteiger partial charge in [0, 0.05) is 16.5 Å². The molecule has 15 heavy (non-hydrogen) atoms. The summed E-state index contributed by atoms with van der Waals surface area (Å²) in [7, 11) is 1.48. The number of hydrogen-bond acceptors (Lipinski definition) is 4. The van der Waals surface area contributed by atoms with E-state index < -0.39 is 0 Å². The monoisotopic (exact) mass is 273 g/mol. The molecule has 1 aromatic carbocycles. The molecule has 0 saturated carbocycles. The van der Waals surface area contributed by atoms with E-state index >= 15 is 0 Å². The van der Waals surface area contributed by atoms with E-state index in [9.17, 15) is 5.11 Å². The first-order valence-corrected chi connectivity index (χ1v) is 5.10. The number of phenolic OH excluding ortho intramolecular Hbond substituents is 1. The Morgan fingerprint density at radius 2 is 2.20 bits per heavy atom. The predicted molar refractivity (Wildman–Crippen MR) is 61.0 cm³/mol. The van der Waals surface area contributed by atoms with E-state index in [1.165, 1.54) is 7.11 Å². The van der Waals surface area contributed by atoms with Crippen molar-refractivity contribution >= 4 is 21.6 Å². The lowest BCUT2D eigenvalue weighted by Gasteiger charge is -2.09. The molecular formula is C10H12BrNO3. The second-order valence-electron chi connectivity index (χ2n) is 3.13. The summed E-state index contributed by atoms with van der Waals surface area (Å²) in [6.07, 6.45) is 0.373. The number of benzene rings is 1. The molecule has 0 heterocycles. The molecule has 0 aliphatic carbocycles. The Bertz CT molecular complexity index is 390. The number of rotatable bonds is 3. The molecule has 0 atom stereocenters. The van der Waals surface area contributed by atoms with Crippen molar-refractivity contribution in [2.45, 2.75) is 13.3 Å². The molecule has 5 heteroatoms. The van der Waals surface area contributed by atoms with Crippen LogP contribution in [0, 0.1) is 0 Å². The van der Waals surface area contributed by atoms with Crippen LogP contribution < -0.4 is 4.74 Å². The van der Waals surface area contributed by atoms with Crippen LogP contribution in [0.1, 0.15) is 12.5 Å². The molecule has 4 nitrogen and oxygen atoms in total. The fourth-order valence-corrected chi connectivity index (χ4v) is 1.71. The molecule has 1 rings (SSSR count). The molecule has 0 saturated heterocycles. The minimum atomic E-state index is 0.0729. The van der Waals surface area contributed by atoms with Gasteiger partial charge in [0.25, 0.3) is 0 Å². The fraction of sp³-hybridized carbons (Fsp3) is 0.300. The molecule has 0 spiro atoms. The highest BCUT2D eigenvalue weighted by atomic mass is 79.9. The predicted octanol–water partition coefficient (Wildman–Crippen LogP) is 2.56. The lowest BCUT2D eigenvalue weighted by atomic mass is 10.1. The van der Waals surface area contributed by atoms with Gasteiger partial charge in [0.1, 0.15) is 0 Å². The summed E-state index contributed by atoms with van der Waals surface area (Å²) in [5.41, 5.74) is 1.17. The Morgan fingerprint density at radius 3 is 2.73 bits per heavy atom. The second-order valence-corrected chi connectivity index (χ2v) is 4.04. The number of nitrogens with zero attached hydrogens (tertiary/aromatic N) is 1. The van der Waals surface area contributed by atoms with Gasteiger partial charge in [-0.3, -0.25) is 0 Å². The summed E-state index contributed by atoms with van der Waals surface area (Å²) in [6, 6.07) is 3.43. The van der Waals surface area contributed by atoms with E-state index in [4.69, 9.17) is 9.94 Å². The smallest absolute Gasteiger partial charge is 0.161 e. The van der Waals surface area contributed by atoms with Crippen LogP contribution in [-0.2, 0) is 6.42 Å². The highest BCUT2D eigenvalue weighted by Gasteiger charge is 2.10. The summed E-state index contributed by atoms with van der Waals surface area (Å²) in [5, 5.41) is 21.4. The molecule has 0 amide bonds. The molecule has 2 N–H and O–H groups in total. The van der Waals surface area contributed by atoms with Crippen molar-refractivity contribution < 1.29 is 15.1 Å². The van der Waals surface area contributed by atoms with E-state index in [1.807, 2.05) is 0 Å². The zero-order valence-corrected chi connectivity index (χ0v) is 10.1. The van der Waals surface area contributed by atoms with Crippen molar-refractivity contribution in [1.29, 1.82) is 0 Å². The van der Waals surface area contributed by atoms with Gasteiger partial charge in [0.05, 0.1) is 12.8 Å². The van der Waals surface area contributed by atoms with Crippen molar-refractivity contribution in [3.63, 3.8) is 0 Å². The van der Waals surface area contributed by atoms with Crippen molar-refractivity contribution in [2.75, 3.05) is 7.11 Å². The molecule has 0 aliphatic rings. The standard InChI is InChI=1S/C10H12BrNO3/c1-6(12-14)3-7-4-8(11)5-9(15-2)10(7)13/h4-5,13-14H,3H2,1-2H3/b12-6+. The highest BCUT2D eigenvalue weighted by molar-refractivity contribution is 9.10. The van der Waals surface area contributed by atoms with Crippen molar-refractivity contribution in [1.82, 2.24) is 0 Å². The van der Waals surface area contributed by atoms with Crippen molar-refractivity contribution in [3.8, 4) is 11.5 Å². The summed E-state index contributed by atoms with van der Waals surface area (Å²) in [5.74, 6) is 0.466. The first-order chi connectivity index (χ1) is 7.08. The summed E-state index contributed by atoms with van der Waals surface area (Å²) >= 11 is 3.31. The first kappa shape index (κ1) is 11.8. The maximum Gasteiger partial charge on any atom is 0.161 e. The van der Waals surface area contributed by atoms with Crippen LogP contribution in [0.2, 0.25) is 0 Å². The normalized spacial score (nSPS) is 11.5. The van der Waals surface area contributed by atoms with Crippen molar-refractivity contribution in [3.05, 3.63) is 22.2 Å². The van der Waals surface area contributed by atoms with Crippen LogP contribution >= 0.6 is 15.9 Å². The maximum absolute atomic E-state index is 9.78. The van der Waals surface area contributed by atoms with Gasteiger partial charge in [0.2, 0.25) is 0 Å². The number of halogens is 1. The first-order valence-electron chi connectivity index (χ1n) is 4.31. The molecule has 0 fully saturated rings. The van der Waals surface area contributed by atoms with Crippen LogP contribution in [-0.4, -0.2) is 23.1 Å². The van der Waals surface area contributed by atoms with E-state index in [0.29, 0.717) is 23.4 Å². The third-order valence-electron chi connectivity index (χ3n) is 1.96. The van der Waals surface area contributed by atoms with Crippen LogP contribution in [0.5, 0.6) is 11.5 Å². The minimum Gasteiger partial charge on any atom is -0.504 e. The van der Waals surface area contributed by atoms with Crippen LogP contribution in [0.4, 0.5) is 0 Å². The zero-order valence-electron chi connectivity index (χ0n) is 8.49. The van der Waals surface area contributed by atoms with E-state index in [2.05, 4.69) is 21.1 Å². The van der Waals surface area contributed by atoms with Gasteiger partial charge in [-0.15, -0.1) is 0 Å². The van der Waals surface area contributed by atoms with Crippen LogP contribution in [0.15, 0.2) is 21.8 Å². The van der Waals surface area contributed by atoms with Crippen LogP contribution in [0.25, 0.3) is 0 Å². The number of hydrogen-bond donors (Lipinski definition) is 2. The van der Waals surface area contributed by atoms with E-state index in [-0.39, 0.29) is 5.75 Å². The minimum absolute atomic E-state index is 0.0729. The lowest BCUT2D eigenvalue weighted by molar-refractivity contribution is 0.317. The lowest BCUT2D eigenvalue weighted by Crippen LogP contribution is -1.99. The largest absolute Gasteiger partial charge is 0.504 e. The van der Waals surface area contributed by atoms with E-state index in [1.54, 1.807) is 19.1 Å². The van der Waals surface area contributed by atoms with Crippen molar-refractivity contribution in [2.24, 2.45) is 5.16 Å². The number of ether oxygens (including phenoxy) is 1. The van der Waals surface area contributed by atoms with Gasteiger partial charge >= 0.3 is 0 Å². The zero-order chi connectivity index (χ0) is 11.4. The van der Waals surface area contributed by atoms with Gasteiger partial charge in [-0.05, 0) is 19.1 Å². The van der Waals surface area contributed by atoms with Gasteiger partial charge < -0.3 is 15.1 Å². The van der Waals surface area contributed by atoms with Gasteiger partial charge in [-0.25, -0.2) is 0 Å². The molecule has 0 aliphatic heterocycles. The third-order valence-corrected chi connectivity index (χ3v) is 2.41. The van der Waals surface area contributed by atoms with Gasteiger partial charge in [-0.1, -0.05) is 21.1 Å². The summed E-state index contributed by atoms with van der Waals surface area (Å²) in [6.45, 7) is 1.67. The molecule has 0 radical (unpaired) electrons.